The van der Waals surface area contributed by atoms with Crippen LogP contribution in [0, 0.1) is 0 Å². The molecule has 0 spiro atoms. The number of nitrogens with zero attached hydrogens (tertiary/aromatic N) is 1. The summed E-state index contributed by atoms with van der Waals surface area (Å²) in [7, 11) is 2.19. The Hall–Kier alpha value is -2.02. The molecule has 88 valence electrons. The van der Waals surface area contributed by atoms with Gasteiger partial charge in [-0.15, -0.1) is 0 Å². The standard InChI is InChI=1S/C17H15N/c1-18-9-8-12-6-7-15-10-13-4-2-3-5-14(13)11-16(15)17(12)18/h2-7,10-11H,8-9H2,1H3. The van der Waals surface area contributed by atoms with E-state index < -0.39 is 0 Å². The summed E-state index contributed by atoms with van der Waals surface area (Å²) in [6, 6.07) is 17.8. The molecule has 0 atom stereocenters. The molecule has 0 saturated heterocycles. The second kappa shape index (κ2) is 3.49. The minimum atomic E-state index is 1.14. The first kappa shape index (κ1) is 9.95. The summed E-state index contributed by atoms with van der Waals surface area (Å²) in [5, 5.41) is 5.40. The van der Waals surface area contributed by atoms with Crippen molar-refractivity contribution < 1.29 is 0 Å². The first-order chi connectivity index (χ1) is 8.83. The lowest BCUT2D eigenvalue weighted by molar-refractivity contribution is 0.957. The van der Waals surface area contributed by atoms with Gasteiger partial charge < -0.3 is 4.90 Å². The molecule has 1 nitrogen and oxygen atoms in total. The van der Waals surface area contributed by atoms with Crippen LogP contribution in [0.4, 0.5) is 5.69 Å². The molecule has 0 aliphatic carbocycles. The highest BCUT2D eigenvalue weighted by atomic mass is 15.1. The van der Waals surface area contributed by atoms with Crippen molar-refractivity contribution in [3.05, 3.63) is 54.1 Å². The average Bonchev–Trinajstić information content (AvgIpc) is 2.78. The van der Waals surface area contributed by atoms with Crippen molar-refractivity contribution >= 4 is 27.2 Å². The second-order valence-corrected chi connectivity index (χ2v) is 5.17. The predicted octanol–water partition coefficient (Wildman–Crippen LogP) is 3.99. The van der Waals surface area contributed by atoms with Crippen molar-refractivity contribution in [3.8, 4) is 0 Å². The maximum Gasteiger partial charge on any atom is 0.0476 e. The van der Waals surface area contributed by atoms with Gasteiger partial charge in [-0.05, 0) is 40.3 Å². The number of rotatable bonds is 0. The SMILES string of the molecule is CN1CCc2ccc3cc4ccccc4cc3c21. The lowest BCUT2D eigenvalue weighted by Gasteiger charge is -2.15. The van der Waals surface area contributed by atoms with Crippen molar-refractivity contribution in [2.24, 2.45) is 0 Å². The van der Waals surface area contributed by atoms with Crippen LogP contribution < -0.4 is 4.90 Å². The number of anilines is 1. The van der Waals surface area contributed by atoms with Crippen LogP contribution in [-0.2, 0) is 6.42 Å². The third-order valence-electron chi connectivity index (χ3n) is 4.04. The summed E-state index contributed by atoms with van der Waals surface area (Å²) in [6.07, 6.45) is 1.18. The largest absolute Gasteiger partial charge is 0.374 e. The van der Waals surface area contributed by atoms with Crippen molar-refractivity contribution in [1.82, 2.24) is 0 Å². The molecule has 0 radical (unpaired) electrons. The molecular formula is C17H15N. The molecule has 1 aliphatic rings. The number of fused-ring (bicyclic) bond motifs is 4. The van der Waals surface area contributed by atoms with Gasteiger partial charge in [0.1, 0.15) is 0 Å². The van der Waals surface area contributed by atoms with Crippen molar-refractivity contribution in [2.45, 2.75) is 6.42 Å². The highest BCUT2D eigenvalue weighted by Crippen LogP contribution is 2.36. The summed E-state index contributed by atoms with van der Waals surface area (Å²) < 4.78 is 0. The molecule has 1 heteroatoms. The van der Waals surface area contributed by atoms with Crippen LogP contribution in [0.1, 0.15) is 5.56 Å². The van der Waals surface area contributed by atoms with E-state index in [0.717, 1.165) is 6.54 Å². The number of benzene rings is 3. The zero-order chi connectivity index (χ0) is 12.1. The van der Waals surface area contributed by atoms with Gasteiger partial charge in [-0.1, -0.05) is 36.4 Å². The number of hydrogen-bond acceptors (Lipinski definition) is 1. The van der Waals surface area contributed by atoms with Crippen LogP contribution in [0.25, 0.3) is 21.5 Å². The van der Waals surface area contributed by atoms with E-state index in [1.807, 2.05) is 0 Å². The van der Waals surface area contributed by atoms with Gasteiger partial charge in [0, 0.05) is 24.7 Å². The molecule has 0 saturated carbocycles. The minimum absolute atomic E-state index is 1.14. The summed E-state index contributed by atoms with van der Waals surface area (Å²) >= 11 is 0. The monoisotopic (exact) mass is 233 g/mol. The lowest BCUT2D eigenvalue weighted by atomic mass is 10.00. The predicted molar refractivity (Wildman–Crippen MR) is 78.4 cm³/mol. The topological polar surface area (TPSA) is 3.24 Å². The Balaban J connectivity index is 2.16. The molecule has 0 N–H and O–H groups in total. The van der Waals surface area contributed by atoms with Gasteiger partial charge >= 0.3 is 0 Å². The molecule has 0 bridgehead atoms. The summed E-state index contributed by atoms with van der Waals surface area (Å²) in [4.78, 5) is 2.38. The molecular weight excluding hydrogens is 218 g/mol. The van der Waals surface area contributed by atoms with Crippen LogP contribution >= 0.6 is 0 Å². The molecule has 3 aromatic carbocycles. The van der Waals surface area contributed by atoms with Gasteiger partial charge in [0.25, 0.3) is 0 Å². The molecule has 0 aromatic heterocycles. The van der Waals surface area contributed by atoms with E-state index in [-0.39, 0.29) is 0 Å². The molecule has 1 aliphatic heterocycles. The zero-order valence-electron chi connectivity index (χ0n) is 10.5. The molecule has 3 aromatic rings. The van der Waals surface area contributed by atoms with Gasteiger partial charge in [-0.25, -0.2) is 0 Å². The average molecular weight is 233 g/mol. The van der Waals surface area contributed by atoms with E-state index in [9.17, 15) is 0 Å². The van der Waals surface area contributed by atoms with Crippen LogP contribution in [0.5, 0.6) is 0 Å². The van der Waals surface area contributed by atoms with Crippen LogP contribution in [0.15, 0.2) is 48.5 Å². The Morgan fingerprint density at radius 1 is 0.889 bits per heavy atom. The molecule has 0 fully saturated rings. The Kier molecular flexibility index (Phi) is 1.93. The first-order valence-corrected chi connectivity index (χ1v) is 6.48. The van der Waals surface area contributed by atoms with Crippen LogP contribution in [0.3, 0.4) is 0 Å². The van der Waals surface area contributed by atoms with Gasteiger partial charge in [0.2, 0.25) is 0 Å². The van der Waals surface area contributed by atoms with Gasteiger partial charge in [0.15, 0.2) is 0 Å². The summed E-state index contributed by atoms with van der Waals surface area (Å²) in [6.45, 7) is 1.14. The maximum atomic E-state index is 2.38. The molecule has 4 rings (SSSR count). The van der Waals surface area contributed by atoms with Crippen molar-refractivity contribution in [1.29, 1.82) is 0 Å². The van der Waals surface area contributed by atoms with E-state index in [4.69, 9.17) is 0 Å². The van der Waals surface area contributed by atoms with Gasteiger partial charge in [0.05, 0.1) is 0 Å². The quantitative estimate of drug-likeness (QED) is 0.531. The van der Waals surface area contributed by atoms with Gasteiger partial charge in [-0.2, -0.15) is 0 Å². The second-order valence-electron chi connectivity index (χ2n) is 5.17. The molecule has 0 amide bonds. The van der Waals surface area contributed by atoms with Crippen LogP contribution in [-0.4, -0.2) is 13.6 Å². The Morgan fingerprint density at radius 3 is 2.50 bits per heavy atom. The summed E-state index contributed by atoms with van der Waals surface area (Å²) in [5.41, 5.74) is 2.92. The normalized spacial score (nSPS) is 14.4. The van der Waals surface area contributed by atoms with E-state index >= 15 is 0 Å². The van der Waals surface area contributed by atoms with E-state index in [1.165, 1.54) is 39.2 Å². The highest BCUT2D eigenvalue weighted by molar-refractivity contribution is 6.05. The highest BCUT2D eigenvalue weighted by Gasteiger charge is 2.18. The fraction of sp³-hybridized carbons (Fsp3) is 0.176. The Labute approximate surface area is 107 Å². The maximum absolute atomic E-state index is 2.38. The number of hydrogen-bond donors (Lipinski definition) is 0. The zero-order valence-corrected chi connectivity index (χ0v) is 10.5. The van der Waals surface area contributed by atoms with E-state index in [2.05, 4.69) is 60.5 Å². The lowest BCUT2D eigenvalue weighted by Crippen LogP contribution is -2.12. The molecule has 1 heterocycles. The Bertz CT molecular complexity index is 758. The molecule has 18 heavy (non-hydrogen) atoms. The van der Waals surface area contributed by atoms with E-state index in [1.54, 1.807) is 0 Å². The Morgan fingerprint density at radius 2 is 1.67 bits per heavy atom. The van der Waals surface area contributed by atoms with Crippen molar-refractivity contribution in [3.63, 3.8) is 0 Å². The van der Waals surface area contributed by atoms with E-state index in [0.29, 0.717) is 0 Å². The van der Waals surface area contributed by atoms with Gasteiger partial charge in [-0.3, -0.25) is 0 Å². The smallest absolute Gasteiger partial charge is 0.0476 e. The molecule has 0 unspecified atom stereocenters. The third-order valence-corrected chi connectivity index (χ3v) is 4.04. The third kappa shape index (κ3) is 1.28. The first-order valence-electron chi connectivity index (χ1n) is 6.48. The van der Waals surface area contributed by atoms with Crippen LogP contribution in [0.2, 0.25) is 0 Å². The fourth-order valence-corrected chi connectivity index (χ4v) is 3.10. The fourth-order valence-electron chi connectivity index (χ4n) is 3.10. The number of likely N-dealkylation sites (N-methyl/N-ethyl adjacent to an activating group) is 1. The summed E-state index contributed by atoms with van der Waals surface area (Å²) in [5.74, 6) is 0. The minimum Gasteiger partial charge on any atom is -0.374 e. The van der Waals surface area contributed by atoms with Crippen molar-refractivity contribution in [2.75, 3.05) is 18.5 Å².